The van der Waals surface area contributed by atoms with Crippen molar-refractivity contribution in [3.63, 3.8) is 0 Å². The second kappa shape index (κ2) is 12.6. The molecule has 0 saturated carbocycles. The third kappa shape index (κ3) is 8.53. The first-order chi connectivity index (χ1) is 16.8. The minimum Gasteiger partial charge on any atom is -0.225 e. The van der Waals surface area contributed by atoms with Gasteiger partial charge in [-0.15, -0.1) is 0 Å². The summed E-state index contributed by atoms with van der Waals surface area (Å²) in [7, 11) is -17.6. The van der Waals surface area contributed by atoms with Crippen molar-refractivity contribution in [2.45, 2.75) is 47.0 Å². The zero-order valence-electron chi connectivity index (χ0n) is 19.3. The highest BCUT2D eigenvalue weighted by Crippen LogP contribution is 2.21. The van der Waals surface area contributed by atoms with Crippen molar-refractivity contribution >= 4 is 39.7 Å². The number of sulfone groups is 2. The molecule has 2 rings (SSSR count). The van der Waals surface area contributed by atoms with Gasteiger partial charge in [-0.1, -0.05) is 71.6 Å². The molecule has 0 amide bonds. The van der Waals surface area contributed by atoms with Crippen LogP contribution < -0.4 is 0 Å². The fourth-order valence-electron chi connectivity index (χ4n) is 2.95. The summed E-state index contributed by atoms with van der Waals surface area (Å²) in [5.41, 5.74) is 0. The van der Waals surface area contributed by atoms with E-state index in [0.29, 0.717) is 12.8 Å². The molecule has 2 aromatic carbocycles. The Labute approximate surface area is 211 Å². The zero-order valence-corrected chi connectivity index (χ0v) is 22.5. The minimum atomic E-state index is -4.55. The van der Waals surface area contributed by atoms with Gasteiger partial charge in [0.05, 0.1) is 9.79 Å². The number of hydrogen-bond donors (Lipinski definition) is 0. The Bertz CT molecular complexity index is 1380. The monoisotopic (exact) mass is 578 g/mol. The molecule has 0 N–H and O–H groups in total. The van der Waals surface area contributed by atoms with Gasteiger partial charge >= 0.3 is 0 Å². The summed E-state index contributed by atoms with van der Waals surface area (Å²) in [5, 5.41) is 6.50. The molecule has 16 heteroatoms. The van der Waals surface area contributed by atoms with Gasteiger partial charge in [0.2, 0.25) is 0 Å². The predicted octanol–water partition coefficient (Wildman–Crippen LogP) is 3.32. The van der Waals surface area contributed by atoms with Crippen LogP contribution in [0.15, 0.2) is 89.7 Å². The molecule has 0 atom stereocenters. The van der Waals surface area contributed by atoms with Crippen LogP contribution >= 0.6 is 0 Å². The van der Waals surface area contributed by atoms with Gasteiger partial charge < -0.3 is 0 Å². The Hall–Kier alpha value is -2.56. The summed E-state index contributed by atoms with van der Waals surface area (Å²) in [6, 6.07) is 13.9. The smallest absolute Gasteiger partial charge is 0.225 e. The standard InChI is InChI=1S/C20H26N4O8S4/c1-2-3-6-15-20(33(25,26)16-21-23-35(29,30)18-11-7-4-8-12-18)34(27,28)17-22-24-36(31,32)19-13-9-5-10-14-19/h4-5,7-14,20H,2-3,6,15-17H2,1H3. The Kier molecular flexibility index (Phi) is 10.4. The van der Waals surface area contributed by atoms with Crippen LogP contribution in [0.2, 0.25) is 0 Å². The van der Waals surface area contributed by atoms with E-state index in [1.807, 2.05) is 6.92 Å². The zero-order chi connectivity index (χ0) is 26.9. The number of benzene rings is 2. The highest BCUT2D eigenvalue weighted by Gasteiger charge is 2.37. The molecule has 0 aliphatic heterocycles. The van der Waals surface area contributed by atoms with Gasteiger partial charge in [0.25, 0.3) is 20.0 Å². The van der Waals surface area contributed by atoms with Crippen molar-refractivity contribution in [3.8, 4) is 0 Å². The normalized spacial score (nSPS) is 14.4. The summed E-state index contributed by atoms with van der Waals surface area (Å²) in [6.45, 7) is 1.84. The first-order valence-corrected chi connectivity index (χ1v) is 16.9. The van der Waals surface area contributed by atoms with Crippen LogP contribution in [0.4, 0.5) is 0 Å². The Morgan fingerprint density at radius 3 is 1.36 bits per heavy atom. The molecule has 0 aliphatic carbocycles. The van der Waals surface area contributed by atoms with E-state index >= 15 is 0 Å². The van der Waals surface area contributed by atoms with Crippen LogP contribution in [-0.4, -0.2) is 50.0 Å². The average molecular weight is 579 g/mol. The highest BCUT2D eigenvalue weighted by molar-refractivity contribution is 8.09. The van der Waals surface area contributed by atoms with Crippen molar-refractivity contribution in [3.05, 3.63) is 60.7 Å². The first-order valence-electron chi connectivity index (χ1n) is 10.6. The molecule has 198 valence electrons. The molecule has 0 aliphatic rings. The average Bonchev–Trinajstić information content (AvgIpc) is 2.82. The maximum absolute atomic E-state index is 12.9. The van der Waals surface area contributed by atoms with Gasteiger partial charge in [0.15, 0.2) is 36.0 Å². The van der Waals surface area contributed by atoms with Crippen LogP contribution in [0.3, 0.4) is 0 Å². The Morgan fingerprint density at radius 1 is 0.611 bits per heavy atom. The van der Waals surface area contributed by atoms with Gasteiger partial charge in [-0.2, -0.15) is 27.1 Å². The van der Waals surface area contributed by atoms with Crippen LogP contribution in [-0.2, 0) is 39.7 Å². The summed E-state index contributed by atoms with van der Waals surface area (Å²) >= 11 is 0. The molecule has 0 bridgehead atoms. The third-order valence-electron chi connectivity index (χ3n) is 4.73. The molecule has 2 aromatic rings. The maximum Gasteiger partial charge on any atom is 0.299 e. The van der Waals surface area contributed by atoms with E-state index in [0.717, 1.165) is 0 Å². The first kappa shape index (κ1) is 29.7. The number of sulfonamides is 2. The quantitative estimate of drug-likeness (QED) is 0.241. The van der Waals surface area contributed by atoms with E-state index in [1.54, 1.807) is 12.1 Å². The van der Waals surface area contributed by atoms with Crippen LogP contribution in [0.1, 0.15) is 32.6 Å². The van der Waals surface area contributed by atoms with Gasteiger partial charge in [-0.3, -0.25) is 0 Å². The van der Waals surface area contributed by atoms with E-state index in [2.05, 4.69) is 19.3 Å². The third-order valence-corrected chi connectivity index (χ3v) is 11.9. The van der Waals surface area contributed by atoms with Crippen LogP contribution in [0.25, 0.3) is 0 Å². The minimum absolute atomic E-state index is 0.210. The van der Waals surface area contributed by atoms with Crippen molar-refractivity contribution in [2.24, 2.45) is 19.3 Å². The molecule has 0 fully saturated rings. The lowest BCUT2D eigenvalue weighted by Crippen LogP contribution is -2.33. The van der Waals surface area contributed by atoms with E-state index in [4.69, 9.17) is 0 Å². The van der Waals surface area contributed by atoms with E-state index in [1.165, 1.54) is 48.5 Å². The van der Waals surface area contributed by atoms with Gasteiger partial charge in [-0.25, -0.2) is 16.8 Å². The lowest BCUT2D eigenvalue weighted by molar-refractivity contribution is 0.560. The number of unbranched alkanes of at least 4 members (excludes halogenated alkanes) is 2. The SMILES string of the molecule is CCCCCC(S(=O)(=O)CN=NS(=O)(=O)c1ccccc1)S(=O)(=O)CN=NS(=O)(=O)c1ccccc1. The van der Waals surface area contributed by atoms with Gasteiger partial charge in [-0.05, 0) is 30.7 Å². The molecule has 0 saturated heterocycles. The summed E-state index contributed by atoms with van der Waals surface area (Å²) in [4.78, 5) is -0.420. The van der Waals surface area contributed by atoms with Crippen molar-refractivity contribution in [2.75, 3.05) is 11.8 Å². The molecule has 0 spiro atoms. The van der Waals surface area contributed by atoms with Crippen molar-refractivity contribution in [1.29, 1.82) is 0 Å². The topological polar surface area (TPSA) is 186 Å². The predicted molar refractivity (Wildman–Crippen MR) is 132 cm³/mol. The summed E-state index contributed by atoms with van der Waals surface area (Å²) in [6.07, 6.45) is 1.14. The Balaban J connectivity index is 2.24. The largest absolute Gasteiger partial charge is 0.299 e. The molecule has 0 aromatic heterocycles. The van der Waals surface area contributed by atoms with E-state index < -0.39 is 56.1 Å². The Morgan fingerprint density at radius 2 is 1.00 bits per heavy atom. The van der Waals surface area contributed by atoms with Gasteiger partial charge in [0, 0.05) is 0 Å². The molecule has 0 heterocycles. The molecular formula is C20H26N4O8S4. The van der Waals surface area contributed by atoms with Gasteiger partial charge in [0.1, 0.15) is 0 Å². The molecule has 12 nitrogen and oxygen atoms in total. The molecule has 36 heavy (non-hydrogen) atoms. The summed E-state index contributed by atoms with van der Waals surface area (Å²) < 4.78 is 104. The lowest BCUT2D eigenvalue weighted by atomic mass is 10.2. The maximum atomic E-state index is 12.9. The van der Waals surface area contributed by atoms with E-state index in [9.17, 15) is 33.7 Å². The lowest BCUT2D eigenvalue weighted by Gasteiger charge is -2.15. The van der Waals surface area contributed by atoms with Crippen LogP contribution in [0, 0.1) is 0 Å². The van der Waals surface area contributed by atoms with Crippen molar-refractivity contribution in [1.82, 2.24) is 0 Å². The fraction of sp³-hybridized carbons (Fsp3) is 0.400. The number of nitrogens with zero attached hydrogens (tertiary/aromatic N) is 4. The second-order valence-corrected chi connectivity index (χ2v) is 15.3. The second-order valence-electron chi connectivity index (χ2n) is 7.53. The molecule has 0 radical (unpaired) electrons. The number of rotatable bonds is 14. The number of hydrogen-bond acceptors (Lipinski definition) is 10. The fourth-order valence-corrected chi connectivity index (χ4v) is 8.68. The van der Waals surface area contributed by atoms with Crippen LogP contribution in [0.5, 0.6) is 0 Å². The molecule has 0 unspecified atom stereocenters. The summed E-state index contributed by atoms with van der Waals surface area (Å²) in [5.74, 6) is -2.40. The van der Waals surface area contributed by atoms with E-state index in [-0.39, 0.29) is 22.6 Å². The molecular weight excluding hydrogens is 553 g/mol. The highest BCUT2D eigenvalue weighted by atomic mass is 32.3. The van der Waals surface area contributed by atoms with Crippen molar-refractivity contribution < 1.29 is 33.7 Å².